The highest BCUT2D eigenvalue weighted by Crippen LogP contribution is 2.47. The summed E-state index contributed by atoms with van der Waals surface area (Å²) in [4.78, 5) is 12.6. The molecule has 0 radical (unpaired) electrons. The zero-order valence-corrected chi connectivity index (χ0v) is 11.0. The molecule has 2 aromatic heterocycles. The number of aliphatic hydroxyl groups excluding tert-OH is 1. The zero-order chi connectivity index (χ0) is 13.7. The van der Waals surface area contributed by atoms with Crippen LogP contribution in [-0.2, 0) is 4.74 Å². The van der Waals surface area contributed by atoms with E-state index in [0.717, 1.165) is 25.3 Å². The maximum atomic E-state index is 9.76. The lowest BCUT2D eigenvalue weighted by molar-refractivity contribution is 0.118. The molecule has 1 aliphatic carbocycles. The summed E-state index contributed by atoms with van der Waals surface area (Å²) in [6.07, 6.45) is 4.22. The molecule has 0 unspecified atom stereocenters. The lowest BCUT2D eigenvalue weighted by atomic mass is 9.92. The molecule has 2 fully saturated rings. The van der Waals surface area contributed by atoms with Gasteiger partial charge in [-0.3, -0.25) is 0 Å². The van der Waals surface area contributed by atoms with E-state index in [1.54, 1.807) is 6.33 Å². The average molecular weight is 275 g/mol. The summed E-state index contributed by atoms with van der Waals surface area (Å²) < 4.78 is 7.58. The fraction of sp³-hybridized carbons (Fsp3) is 0.615. The minimum atomic E-state index is 0.162. The molecule has 20 heavy (non-hydrogen) atoms. The van der Waals surface area contributed by atoms with Crippen molar-refractivity contribution < 1.29 is 9.84 Å². The highest BCUT2D eigenvalue weighted by molar-refractivity contribution is 5.81. The molecule has 2 aromatic rings. The first-order valence-corrected chi connectivity index (χ1v) is 6.91. The monoisotopic (exact) mass is 275 g/mol. The Morgan fingerprint density at radius 3 is 3.10 bits per heavy atom. The summed E-state index contributed by atoms with van der Waals surface area (Å²) in [6, 6.07) is 0.207. The van der Waals surface area contributed by atoms with E-state index in [9.17, 15) is 5.11 Å². The Hall–Kier alpha value is -1.73. The van der Waals surface area contributed by atoms with Crippen molar-refractivity contribution in [2.75, 3.05) is 25.6 Å². The van der Waals surface area contributed by atoms with Crippen molar-refractivity contribution in [2.45, 2.75) is 12.5 Å². The van der Waals surface area contributed by atoms with Gasteiger partial charge in [-0.15, -0.1) is 0 Å². The molecule has 4 rings (SSSR count). The Kier molecular flexibility index (Phi) is 2.64. The number of hydrogen-bond donors (Lipinski definition) is 2. The second kappa shape index (κ2) is 4.39. The maximum absolute atomic E-state index is 9.76. The number of nitrogens with zero attached hydrogens (tertiary/aromatic N) is 4. The molecule has 106 valence electrons. The van der Waals surface area contributed by atoms with E-state index in [-0.39, 0.29) is 18.6 Å². The molecule has 7 heteroatoms. The van der Waals surface area contributed by atoms with Gasteiger partial charge in [-0.1, -0.05) is 0 Å². The fourth-order valence-electron chi connectivity index (χ4n) is 3.79. The Morgan fingerprint density at radius 1 is 1.35 bits per heavy atom. The third-order valence-corrected chi connectivity index (χ3v) is 4.79. The summed E-state index contributed by atoms with van der Waals surface area (Å²) in [5.41, 5.74) is 7.22. The average Bonchev–Trinajstić information content (AvgIpc) is 3.11. The van der Waals surface area contributed by atoms with Crippen LogP contribution in [0.2, 0.25) is 0 Å². The second-order valence-electron chi connectivity index (χ2n) is 5.69. The smallest absolute Gasteiger partial charge is 0.165 e. The molecule has 0 bridgehead atoms. The highest BCUT2D eigenvalue weighted by atomic mass is 16.5. The van der Waals surface area contributed by atoms with Crippen molar-refractivity contribution in [1.29, 1.82) is 0 Å². The van der Waals surface area contributed by atoms with Crippen LogP contribution < -0.4 is 5.73 Å². The largest absolute Gasteiger partial charge is 0.396 e. The summed E-state index contributed by atoms with van der Waals surface area (Å²) >= 11 is 0. The summed E-state index contributed by atoms with van der Waals surface area (Å²) in [5, 5.41) is 9.76. The van der Waals surface area contributed by atoms with Crippen molar-refractivity contribution in [3.05, 3.63) is 12.7 Å². The molecule has 4 atom stereocenters. The molecule has 2 aliphatic rings. The van der Waals surface area contributed by atoms with Gasteiger partial charge in [-0.2, -0.15) is 0 Å². The third kappa shape index (κ3) is 1.56. The molecule has 3 N–H and O–H groups in total. The van der Waals surface area contributed by atoms with Crippen LogP contribution in [0.1, 0.15) is 12.5 Å². The van der Waals surface area contributed by atoms with Gasteiger partial charge in [0.2, 0.25) is 0 Å². The van der Waals surface area contributed by atoms with Crippen molar-refractivity contribution in [3.63, 3.8) is 0 Å². The number of anilines is 1. The number of aliphatic hydroxyl groups is 1. The van der Waals surface area contributed by atoms with E-state index in [0.29, 0.717) is 23.2 Å². The van der Waals surface area contributed by atoms with Gasteiger partial charge in [-0.05, 0) is 18.3 Å². The fourth-order valence-corrected chi connectivity index (χ4v) is 3.79. The SMILES string of the molecule is Nc1ncnc2c1ncn2[C@H]1C[C@H]2COC[C@H]2[C@@H]1CO. The van der Waals surface area contributed by atoms with Gasteiger partial charge in [0.05, 0.1) is 12.9 Å². The highest BCUT2D eigenvalue weighted by Gasteiger charge is 2.47. The predicted molar refractivity (Wildman–Crippen MR) is 71.8 cm³/mol. The Balaban J connectivity index is 1.77. The zero-order valence-electron chi connectivity index (χ0n) is 11.0. The topological polar surface area (TPSA) is 99.1 Å². The second-order valence-corrected chi connectivity index (χ2v) is 5.69. The third-order valence-electron chi connectivity index (χ3n) is 4.79. The molecule has 7 nitrogen and oxygen atoms in total. The van der Waals surface area contributed by atoms with Crippen molar-refractivity contribution in [3.8, 4) is 0 Å². The first-order chi connectivity index (χ1) is 9.79. The molecule has 0 amide bonds. The van der Waals surface area contributed by atoms with Gasteiger partial charge in [0.15, 0.2) is 11.5 Å². The first kappa shape index (κ1) is 12.0. The van der Waals surface area contributed by atoms with Crippen molar-refractivity contribution in [2.24, 2.45) is 17.8 Å². The van der Waals surface area contributed by atoms with E-state index in [1.807, 2.05) is 4.57 Å². The number of fused-ring (bicyclic) bond motifs is 2. The normalized spacial score (nSPS) is 32.9. The minimum Gasteiger partial charge on any atom is -0.396 e. The Labute approximate surface area is 115 Å². The number of nitrogens with two attached hydrogens (primary N) is 1. The van der Waals surface area contributed by atoms with Gasteiger partial charge in [0, 0.05) is 25.2 Å². The molecule has 1 saturated heterocycles. The molecule has 3 heterocycles. The number of ether oxygens (including phenoxy) is 1. The van der Waals surface area contributed by atoms with Gasteiger partial charge >= 0.3 is 0 Å². The Bertz CT molecular complexity index is 643. The predicted octanol–water partition coefficient (Wildman–Crippen LogP) is 0.224. The lowest BCUT2D eigenvalue weighted by Crippen LogP contribution is -2.23. The standard InChI is InChI=1S/C13H17N5O2/c14-12-11-13(16-5-15-12)18(6-17-11)10-1-7-3-20-4-9(7)8(10)2-19/h5-10,19H,1-4H2,(H2,14,15,16)/t7-,8-,9+,10-/m0/s1. The van der Waals surface area contributed by atoms with Gasteiger partial charge in [-0.25, -0.2) is 15.0 Å². The van der Waals surface area contributed by atoms with Gasteiger partial charge < -0.3 is 20.1 Å². The van der Waals surface area contributed by atoms with Crippen LogP contribution in [0.3, 0.4) is 0 Å². The first-order valence-electron chi connectivity index (χ1n) is 6.91. The van der Waals surface area contributed by atoms with E-state index < -0.39 is 0 Å². The molecule has 1 saturated carbocycles. The number of rotatable bonds is 2. The van der Waals surface area contributed by atoms with Crippen LogP contribution >= 0.6 is 0 Å². The van der Waals surface area contributed by atoms with Crippen molar-refractivity contribution >= 4 is 17.0 Å². The summed E-state index contributed by atoms with van der Waals surface area (Å²) in [5.74, 6) is 1.54. The number of hydrogen-bond acceptors (Lipinski definition) is 6. The molecule has 0 spiro atoms. The van der Waals surface area contributed by atoms with Crippen LogP contribution in [0, 0.1) is 17.8 Å². The maximum Gasteiger partial charge on any atom is 0.165 e. The molecule has 1 aliphatic heterocycles. The lowest BCUT2D eigenvalue weighted by Gasteiger charge is -2.22. The molecular weight excluding hydrogens is 258 g/mol. The van der Waals surface area contributed by atoms with Crippen LogP contribution in [0.25, 0.3) is 11.2 Å². The van der Waals surface area contributed by atoms with Crippen LogP contribution in [-0.4, -0.2) is 44.4 Å². The van der Waals surface area contributed by atoms with Gasteiger partial charge in [0.1, 0.15) is 11.8 Å². The van der Waals surface area contributed by atoms with E-state index >= 15 is 0 Å². The minimum absolute atomic E-state index is 0.162. The number of nitrogen functional groups attached to an aromatic ring is 1. The van der Waals surface area contributed by atoms with Gasteiger partial charge in [0.25, 0.3) is 0 Å². The van der Waals surface area contributed by atoms with E-state index in [1.165, 1.54) is 6.33 Å². The van der Waals surface area contributed by atoms with Crippen molar-refractivity contribution in [1.82, 2.24) is 19.5 Å². The summed E-state index contributed by atoms with van der Waals surface area (Å²) in [7, 11) is 0. The van der Waals surface area contributed by atoms with Crippen LogP contribution in [0.5, 0.6) is 0 Å². The summed E-state index contributed by atoms with van der Waals surface area (Å²) in [6.45, 7) is 1.70. The van der Waals surface area contributed by atoms with E-state index in [4.69, 9.17) is 10.5 Å². The van der Waals surface area contributed by atoms with Crippen LogP contribution in [0.4, 0.5) is 5.82 Å². The number of imidazole rings is 1. The number of aromatic nitrogens is 4. The molecular formula is C13H17N5O2. The molecule has 0 aromatic carbocycles. The van der Waals surface area contributed by atoms with E-state index in [2.05, 4.69) is 15.0 Å². The van der Waals surface area contributed by atoms with Crippen LogP contribution in [0.15, 0.2) is 12.7 Å². The Morgan fingerprint density at radius 2 is 2.25 bits per heavy atom. The quantitative estimate of drug-likeness (QED) is 0.813.